The van der Waals surface area contributed by atoms with E-state index in [-0.39, 0.29) is 41.5 Å². The normalized spacial score (nSPS) is 17.0. The third kappa shape index (κ3) is 8.47. The first kappa shape index (κ1) is 31.0. The fourth-order valence-electron chi connectivity index (χ4n) is 6.68. The zero-order valence-corrected chi connectivity index (χ0v) is 25.5. The molecule has 0 spiro atoms. The highest BCUT2D eigenvalue weighted by molar-refractivity contribution is 6.02. The van der Waals surface area contributed by atoms with Crippen LogP contribution in [0.15, 0.2) is 36.4 Å². The third-order valence-electron chi connectivity index (χ3n) is 8.57. The monoisotopic (exact) mass is 530 g/mol. The molecule has 39 heavy (non-hydrogen) atoms. The van der Waals surface area contributed by atoms with Crippen LogP contribution in [0.4, 0.5) is 0 Å². The number of fused-ring (bicyclic) bond motifs is 1. The van der Waals surface area contributed by atoms with E-state index in [4.69, 9.17) is 0 Å². The highest BCUT2D eigenvalue weighted by Gasteiger charge is 2.34. The molecule has 0 fully saturated rings. The van der Waals surface area contributed by atoms with Crippen molar-refractivity contribution < 1.29 is 14.4 Å². The van der Waals surface area contributed by atoms with Crippen LogP contribution in [0.25, 0.3) is 11.1 Å². The molecule has 0 saturated carbocycles. The van der Waals surface area contributed by atoms with Crippen LogP contribution in [0.1, 0.15) is 120 Å². The number of carbonyl (C=O) groups is 3. The maximum absolute atomic E-state index is 13.5. The zero-order valence-electron chi connectivity index (χ0n) is 25.5. The molecule has 3 atom stereocenters. The summed E-state index contributed by atoms with van der Waals surface area (Å²) in [6.07, 6.45) is 8.49. The molecule has 0 bridgehead atoms. The number of benzene rings is 2. The minimum absolute atomic E-state index is 0.0285. The highest BCUT2D eigenvalue weighted by Crippen LogP contribution is 2.40. The molecule has 1 aliphatic rings. The molecule has 1 aliphatic carbocycles. The topological polar surface area (TPSA) is 51.2 Å². The first-order chi connectivity index (χ1) is 18.4. The standard InChI is InChI=1S/C36H50O3/c1-8-11-29(30(9-2)33(38)20-25(4)37)21-27-22-32-31(18-13-24(3)35(32)34(39)23-27)28-16-14-26(15-17-28)12-10-19-36(5,6)7/h13-18,27,29-30H,8-12,19-23H2,1-7H3. The van der Waals surface area contributed by atoms with Crippen molar-refractivity contribution in [1.29, 1.82) is 0 Å². The lowest BCUT2D eigenvalue weighted by Crippen LogP contribution is -2.30. The Morgan fingerprint density at radius 3 is 2.28 bits per heavy atom. The fourth-order valence-corrected chi connectivity index (χ4v) is 6.68. The molecule has 2 aromatic carbocycles. The Morgan fingerprint density at radius 2 is 1.69 bits per heavy atom. The Morgan fingerprint density at radius 1 is 1.00 bits per heavy atom. The summed E-state index contributed by atoms with van der Waals surface area (Å²) in [4.78, 5) is 38.1. The molecule has 0 N–H and O–H groups in total. The highest BCUT2D eigenvalue weighted by atomic mass is 16.1. The zero-order chi connectivity index (χ0) is 28.7. The molecule has 3 rings (SSSR count). The summed E-state index contributed by atoms with van der Waals surface area (Å²) >= 11 is 0. The lowest BCUT2D eigenvalue weighted by atomic mass is 9.71. The molecule has 3 nitrogen and oxygen atoms in total. The minimum Gasteiger partial charge on any atom is -0.300 e. The van der Waals surface area contributed by atoms with Gasteiger partial charge in [-0.2, -0.15) is 0 Å². The molecule has 2 aromatic rings. The van der Waals surface area contributed by atoms with Crippen LogP contribution < -0.4 is 0 Å². The van der Waals surface area contributed by atoms with Gasteiger partial charge in [0.05, 0.1) is 6.42 Å². The molecular weight excluding hydrogens is 480 g/mol. The summed E-state index contributed by atoms with van der Waals surface area (Å²) in [5.74, 6) is 0.580. The van der Waals surface area contributed by atoms with Crippen LogP contribution in [-0.4, -0.2) is 17.3 Å². The third-order valence-corrected chi connectivity index (χ3v) is 8.57. The van der Waals surface area contributed by atoms with E-state index in [0.717, 1.165) is 49.7 Å². The predicted octanol–water partition coefficient (Wildman–Crippen LogP) is 9.16. The lowest BCUT2D eigenvalue weighted by Gasteiger charge is -2.32. The number of carbonyl (C=O) groups excluding carboxylic acids is 3. The van der Waals surface area contributed by atoms with Crippen molar-refractivity contribution >= 4 is 17.3 Å². The van der Waals surface area contributed by atoms with Crippen molar-refractivity contribution in [3.63, 3.8) is 0 Å². The second-order valence-electron chi connectivity index (χ2n) is 13.2. The Balaban J connectivity index is 1.84. The van der Waals surface area contributed by atoms with Crippen molar-refractivity contribution in [2.45, 2.75) is 113 Å². The summed E-state index contributed by atoms with van der Waals surface area (Å²) in [6.45, 7) is 14.6. The average molecular weight is 531 g/mol. The number of Topliss-reactive ketones (excluding diaryl/α,β-unsaturated/α-hetero) is 3. The van der Waals surface area contributed by atoms with E-state index in [0.29, 0.717) is 11.8 Å². The first-order valence-electron chi connectivity index (χ1n) is 15.2. The van der Waals surface area contributed by atoms with Crippen LogP contribution in [0.5, 0.6) is 0 Å². The van der Waals surface area contributed by atoms with Crippen molar-refractivity contribution in [1.82, 2.24) is 0 Å². The average Bonchev–Trinajstić information content (AvgIpc) is 2.84. The van der Waals surface area contributed by atoms with E-state index in [1.54, 1.807) is 0 Å². The van der Waals surface area contributed by atoms with Crippen molar-refractivity contribution in [2.75, 3.05) is 0 Å². The van der Waals surface area contributed by atoms with Crippen LogP contribution in [0, 0.1) is 30.1 Å². The van der Waals surface area contributed by atoms with Gasteiger partial charge in [0.1, 0.15) is 11.6 Å². The summed E-state index contributed by atoms with van der Waals surface area (Å²) < 4.78 is 0. The van der Waals surface area contributed by atoms with E-state index >= 15 is 0 Å². The molecule has 0 radical (unpaired) electrons. The van der Waals surface area contributed by atoms with Crippen LogP contribution >= 0.6 is 0 Å². The van der Waals surface area contributed by atoms with Crippen molar-refractivity contribution in [3.05, 3.63) is 58.7 Å². The predicted molar refractivity (Wildman–Crippen MR) is 162 cm³/mol. The minimum atomic E-state index is -0.104. The van der Waals surface area contributed by atoms with Gasteiger partial charge in [0.15, 0.2) is 5.78 Å². The maximum atomic E-state index is 13.5. The van der Waals surface area contributed by atoms with E-state index < -0.39 is 0 Å². The van der Waals surface area contributed by atoms with Gasteiger partial charge in [0.25, 0.3) is 0 Å². The largest absolute Gasteiger partial charge is 0.300 e. The van der Waals surface area contributed by atoms with Crippen LogP contribution in [0.2, 0.25) is 0 Å². The molecule has 0 heterocycles. The SMILES string of the molecule is CCCC(CC1CC(=O)c2c(C)ccc(-c3ccc(CCCC(C)(C)C)cc3)c2C1)C(CC)C(=O)CC(C)=O. The van der Waals surface area contributed by atoms with Gasteiger partial charge in [-0.3, -0.25) is 14.4 Å². The lowest BCUT2D eigenvalue weighted by molar-refractivity contribution is -0.129. The molecule has 212 valence electrons. The van der Waals surface area contributed by atoms with E-state index in [1.165, 1.54) is 42.0 Å². The molecule has 0 saturated heterocycles. The van der Waals surface area contributed by atoms with Crippen molar-refractivity contribution in [2.24, 2.45) is 23.2 Å². The Kier molecular flexibility index (Phi) is 10.9. The smallest absolute Gasteiger partial charge is 0.163 e. The second kappa shape index (κ2) is 13.7. The van der Waals surface area contributed by atoms with Crippen LogP contribution in [-0.2, 0) is 22.4 Å². The molecule has 0 aliphatic heterocycles. The number of aryl methyl sites for hydroxylation is 2. The molecule has 3 unspecified atom stereocenters. The Labute approximate surface area is 237 Å². The summed E-state index contributed by atoms with van der Waals surface area (Å²) in [7, 11) is 0. The summed E-state index contributed by atoms with van der Waals surface area (Å²) in [5.41, 5.74) is 7.21. The van der Waals surface area contributed by atoms with E-state index in [9.17, 15) is 14.4 Å². The molecular formula is C36H50O3. The Bertz CT molecular complexity index is 1150. The molecule has 0 amide bonds. The fraction of sp³-hybridized carbons (Fsp3) is 0.583. The van der Waals surface area contributed by atoms with Crippen molar-refractivity contribution in [3.8, 4) is 11.1 Å². The van der Waals surface area contributed by atoms with Gasteiger partial charge in [-0.25, -0.2) is 0 Å². The van der Waals surface area contributed by atoms with Gasteiger partial charge in [0.2, 0.25) is 0 Å². The number of rotatable bonds is 13. The molecule has 0 aromatic heterocycles. The first-order valence-corrected chi connectivity index (χ1v) is 15.2. The van der Waals surface area contributed by atoms with E-state index in [1.807, 2.05) is 6.92 Å². The number of ketones is 3. The number of hydrogen-bond donors (Lipinski definition) is 0. The van der Waals surface area contributed by atoms with Gasteiger partial charge >= 0.3 is 0 Å². The second-order valence-corrected chi connectivity index (χ2v) is 13.2. The Hall–Kier alpha value is -2.55. The van der Waals surface area contributed by atoms with Gasteiger partial charge in [-0.1, -0.05) is 83.9 Å². The van der Waals surface area contributed by atoms with Gasteiger partial charge < -0.3 is 0 Å². The number of hydrogen-bond acceptors (Lipinski definition) is 3. The van der Waals surface area contributed by atoms with Gasteiger partial charge in [0, 0.05) is 17.9 Å². The van der Waals surface area contributed by atoms with Gasteiger partial charge in [-0.05, 0) is 97.4 Å². The van der Waals surface area contributed by atoms with Crippen LogP contribution in [0.3, 0.4) is 0 Å². The maximum Gasteiger partial charge on any atom is 0.163 e. The van der Waals surface area contributed by atoms with E-state index in [2.05, 4.69) is 71.0 Å². The summed E-state index contributed by atoms with van der Waals surface area (Å²) in [5, 5.41) is 0. The quantitative estimate of drug-likeness (QED) is 0.243. The summed E-state index contributed by atoms with van der Waals surface area (Å²) in [6, 6.07) is 13.2. The molecule has 3 heteroatoms. The van der Waals surface area contributed by atoms with Gasteiger partial charge in [-0.15, -0.1) is 0 Å².